The van der Waals surface area contributed by atoms with Gasteiger partial charge in [-0.25, -0.2) is 0 Å². The maximum atomic E-state index is 12.5. The number of nitrogens with zero attached hydrogens (tertiary/aromatic N) is 2. The third-order valence-electron chi connectivity index (χ3n) is 2.75. The SMILES string of the molecule is CC[C@H](Sc1nnc(CSC)o1)C(=O)c1ccc(Cl)cc1. The van der Waals surface area contributed by atoms with Crippen molar-refractivity contribution in [2.24, 2.45) is 0 Å². The van der Waals surface area contributed by atoms with Crippen molar-refractivity contribution in [2.45, 2.75) is 29.6 Å². The summed E-state index contributed by atoms with van der Waals surface area (Å²) < 4.78 is 5.51. The largest absolute Gasteiger partial charge is 0.415 e. The number of rotatable bonds is 7. The Morgan fingerprint density at radius 3 is 2.67 bits per heavy atom. The zero-order valence-corrected chi connectivity index (χ0v) is 14.1. The van der Waals surface area contributed by atoms with Crippen LogP contribution in [0.5, 0.6) is 0 Å². The highest BCUT2D eigenvalue weighted by Crippen LogP contribution is 2.28. The van der Waals surface area contributed by atoms with Crippen LogP contribution in [0, 0.1) is 0 Å². The van der Waals surface area contributed by atoms with E-state index >= 15 is 0 Å². The minimum atomic E-state index is -0.242. The Hall–Kier alpha value is -0.980. The summed E-state index contributed by atoms with van der Waals surface area (Å²) in [5.74, 6) is 1.30. The Kier molecular flexibility index (Phi) is 6.14. The summed E-state index contributed by atoms with van der Waals surface area (Å²) in [7, 11) is 0. The van der Waals surface area contributed by atoms with E-state index in [0.29, 0.717) is 33.9 Å². The van der Waals surface area contributed by atoms with Crippen LogP contribution in [0.25, 0.3) is 0 Å². The Labute approximate surface area is 137 Å². The summed E-state index contributed by atoms with van der Waals surface area (Å²) in [6.45, 7) is 1.96. The molecule has 0 amide bonds. The molecule has 4 nitrogen and oxygen atoms in total. The fourth-order valence-corrected chi connectivity index (χ4v) is 3.09. The number of hydrogen-bond acceptors (Lipinski definition) is 6. The van der Waals surface area contributed by atoms with Gasteiger partial charge in [0.15, 0.2) is 5.78 Å². The highest BCUT2D eigenvalue weighted by molar-refractivity contribution is 8.00. The van der Waals surface area contributed by atoms with Gasteiger partial charge in [0, 0.05) is 10.6 Å². The number of ketones is 1. The van der Waals surface area contributed by atoms with E-state index in [0.717, 1.165) is 0 Å². The number of aromatic nitrogens is 2. The zero-order valence-electron chi connectivity index (χ0n) is 11.7. The molecule has 0 aliphatic carbocycles. The molecule has 0 aliphatic rings. The molecule has 0 bridgehead atoms. The van der Waals surface area contributed by atoms with E-state index in [2.05, 4.69) is 10.2 Å². The van der Waals surface area contributed by atoms with Crippen LogP contribution < -0.4 is 0 Å². The lowest BCUT2D eigenvalue weighted by atomic mass is 10.1. The van der Waals surface area contributed by atoms with Crippen LogP contribution in [0.4, 0.5) is 0 Å². The molecule has 1 heterocycles. The van der Waals surface area contributed by atoms with E-state index in [4.69, 9.17) is 16.0 Å². The van der Waals surface area contributed by atoms with Gasteiger partial charge < -0.3 is 4.42 Å². The summed E-state index contributed by atoms with van der Waals surface area (Å²) in [6.07, 6.45) is 2.66. The van der Waals surface area contributed by atoms with Crippen LogP contribution in [-0.4, -0.2) is 27.5 Å². The van der Waals surface area contributed by atoms with Gasteiger partial charge in [-0.1, -0.05) is 30.3 Å². The lowest BCUT2D eigenvalue weighted by molar-refractivity contribution is 0.0987. The second-order valence-corrected chi connectivity index (χ2v) is 6.74. The summed E-state index contributed by atoms with van der Waals surface area (Å²) in [4.78, 5) is 12.5. The van der Waals surface area contributed by atoms with Crippen molar-refractivity contribution < 1.29 is 9.21 Å². The Morgan fingerprint density at radius 1 is 1.33 bits per heavy atom. The van der Waals surface area contributed by atoms with Gasteiger partial charge in [0.1, 0.15) is 0 Å². The zero-order chi connectivity index (χ0) is 15.2. The molecule has 0 N–H and O–H groups in total. The molecule has 0 saturated carbocycles. The average Bonchev–Trinajstić information content (AvgIpc) is 2.92. The van der Waals surface area contributed by atoms with Gasteiger partial charge in [0.05, 0.1) is 11.0 Å². The summed E-state index contributed by atoms with van der Waals surface area (Å²) in [6, 6.07) is 6.91. The third kappa shape index (κ3) is 4.49. The lowest BCUT2D eigenvalue weighted by Crippen LogP contribution is -2.16. The summed E-state index contributed by atoms with van der Waals surface area (Å²) in [5, 5.41) is 8.74. The predicted molar refractivity (Wildman–Crippen MR) is 87.2 cm³/mol. The molecule has 21 heavy (non-hydrogen) atoms. The standard InChI is InChI=1S/C14H15ClN2O2S2/c1-3-11(13(18)9-4-6-10(15)7-5-9)21-14-17-16-12(19-14)8-20-2/h4-7,11H,3,8H2,1-2H3/t11-/m0/s1. The molecule has 0 spiro atoms. The first-order valence-corrected chi connectivity index (χ1v) is 9.07. The molecule has 1 atom stereocenters. The monoisotopic (exact) mass is 342 g/mol. The fourth-order valence-electron chi connectivity index (χ4n) is 1.71. The number of benzene rings is 1. The number of hydrogen-bond donors (Lipinski definition) is 0. The van der Waals surface area contributed by atoms with E-state index in [1.165, 1.54) is 11.8 Å². The van der Waals surface area contributed by atoms with Crippen LogP contribution >= 0.6 is 35.1 Å². The van der Waals surface area contributed by atoms with Gasteiger partial charge in [-0.3, -0.25) is 4.79 Å². The van der Waals surface area contributed by atoms with E-state index < -0.39 is 0 Å². The van der Waals surface area contributed by atoms with Gasteiger partial charge in [0.2, 0.25) is 5.89 Å². The smallest absolute Gasteiger partial charge is 0.277 e. The van der Waals surface area contributed by atoms with E-state index in [1.54, 1.807) is 36.0 Å². The molecule has 0 fully saturated rings. The highest BCUT2D eigenvalue weighted by Gasteiger charge is 2.22. The van der Waals surface area contributed by atoms with Crippen LogP contribution in [0.15, 0.2) is 33.9 Å². The second kappa shape index (κ2) is 7.87. The molecular formula is C14H15ClN2O2S2. The number of Topliss-reactive ketones (excluding diaryl/α,β-unsaturated/α-hetero) is 1. The predicted octanol–water partition coefficient (Wildman–Crippen LogP) is 4.34. The van der Waals surface area contributed by atoms with Gasteiger partial charge >= 0.3 is 0 Å². The molecule has 1 aromatic heterocycles. The molecule has 112 valence electrons. The van der Waals surface area contributed by atoms with Crippen LogP contribution in [0.3, 0.4) is 0 Å². The first kappa shape index (κ1) is 16.4. The van der Waals surface area contributed by atoms with Crippen molar-refractivity contribution in [3.63, 3.8) is 0 Å². The van der Waals surface area contributed by atoms with Crippen LogP contribution in [0.1, 0.15) is 29.6 Å². The molecule has 0 aliphatic heterocycles. The van der Waals surface area contributed by atoms with Crippen molar-refractivity contribution >= 4 is 40.9 Å². The number of carbonyl (C=O) groups excluding carboxylic acids is 1. The van der Waals surface area contributed by atoms with Gasteiger partial charge in [0.25, 0.3) is 5.22 Å². The first-order valence-electron chi connectivity index (χ1n) is 6.41. The van der Waals surface area contributed by atoms with E-state index in [1.807, 2.05) is 13.2 Å². The quantitative estimate of drug-likeness (QED) is 0.551. The molecule has 2 rings (SSSR count). The Bertz CT molecular complexity index is 601. The van der Waals surface area contributed by atoms with Crippen molar-refractivity contribution in [2.75, 3.05) is 6.26 Å². The van der Waals surface area contributed by atoms with Crippen LogP contribution in [0.2, 0.25) is 5.02 Å². The summed E-state index contributed by atoms with van der Waals surface area (Å²) >= 11 is 8.76. The molecule has 0 saturated heterocycles. The van der Waals surface area contributed by atoms with Crippen molar-refractivity contribution in [1.29, 1.82) is 0 Å². The van der Waals surface area contributed by atoms with E-state index in [-0.39, 0.29) is 11.0 Å². The van der Waals surface area contributed by atoms with Gasteiger partial charge in [-0.15, -0.1) is 10.2 Å². The summed E-state index contributed by atoms with van der Waals surface area (Å²) in [5.41, 5.74) is 0.641. The molecule has 7 heteroatoms. The third-order valence-corrected chi connectivity index (χ3v) is 4.74. The number of halogens is 1. The Balaban J connectivity index is 2.07. The number of thioether (sulfide) groups is 2. The second-order valence-electron chi connectivity index (χ2n) is 4.28. The number of carbonyl (C=O) groups is 1. The molecule has 1 aromatic carbocycles. The normalized spacial score (nSPS) is 12.3. The maximum absolute atomic E-state index is 12.5. The van der Waals surface area contributed by atoms with Gasteiger partial charge in [-0.05, 0) is 36.9 Å². The molecule has 0 unspecified atom stereocenters. The first-order chi connectivity index (χ1) is 10.1. The van der Waals surface area contributed by atoms with Crippen molar-refractivity contribution in [3.05, 3.63) is 40.7 Å². The minimum absolute atomic E-state index is 0.0452. The molecule has 0 radical (unpaired) electrons. The fraction of sp³-hybridized carbons (Fsp3) is 0.357. The minimum Gasteiger partial charge on any atom is -0.415 e. The van der Waals surface area contributed by atoms with Crippen LogP contribution in [-0.2, 0) is 5.75 Å². The van der Waals surface area contributed by atoms with E-state index in [9.17, 15) is 4.79 Å². The van der Waals surface area contributed by atoms with Crippen molar-refractivity contribution in [1.82, 2.24) is 10.2 Å². The topological polar surface area (TPSA) is 56.0 Å². The average molecular weight is 343 g/mol. The van der Waals surface area contributed by atoms with Crippen molar-refractivity contribution in [3.8, 4) is 0 Å². The lowest BCUT2D eigenvalue weighted by Gasteiger charge is -2.10. The van der Waals surface area contributed by atoms with Gasteiger partial charge in [-0.2, -0.15) is 11.8 Å². The maximum Gasteiger partial charge on any atom is 0.277 e. The Morgan fingerprint density at radius 2 is 2.05 bits per heavy atom. The molecular weight excluding hydrogens is 328 g/mol. The highest BCUT2D eigenvalue weighted by atomic mass is 35.5. The molecule has 2 aromatic rings.